The number of carbonyl (C=O) groups excluding carboxylic acids is 3. The Morgan fingerprint density at radius 2 is 1.65 bits per heavy atom. The molecule has 0 radical (unpaired) electrons. The van der Waals surface area contributed by atoms with Gasteiger partial charge in [-0.3, -0.25) is 14.1 Å². The first-order valence-corrected chi connectivity index (χ1v) is 9.85. The second-order valence-electron chi connectivity index (χ2n) is 5.06. The molecule has 26 heavy (non-hydrogen) atoms. The highest BCUT2D eigenvalue weighted by Gasteiger charge is 2.42. The second-order valence-corrected chi connectivity index (χ2v) is 7.23. The number of carbonyl (C=O) groups is 3. The lowest BCUT2D eigenvalue weighted by Gasteiger charge is -2.32. The van der Waals surface area contributed by atoms with Crippen molar-refractivity contribution in [1.29, 1.82) is 0 Å². The van der Waals surface area contributed by atoms with Crippen LogP contribution in [0.15, 0.2) is 30.3 Å². The smallest absolute Gasteiger partial charge is 0.423 e. The van der Waals surface area contributed by atoms with E-state index in [-0.39, 0.29) is 11.5 Å². The van der Waals surface area contributed by atoms with Crippen molar-refractivity contribution >= 4 is 37.4 Å². The van der Waals surface area contributed by atoms with Gasteiger partial charge in [0.1, 0.15) is 11.7 Å². The van der Waals surface area contributed by atoms with E-state index >= 15 is 0 Å². The number of phosphoric acid groups is 1. The van der Waals surface area contributed by atoms with Crippen molar-refractivity contribution in [2.45, 2.75) is 19.5 Å². The fourth-order valence-corrected chi connectivity index (χ4v) is 3.35. The van der Waals surface area contributed by atoms with E-state index in [9.17, 15) is 18.9 Å². The van der Waals surface area contributed by atoms with Crippen LogP contribution in [-0.4, -0.2) is 44.9 Å². The largest absolute Gasteiger partial charge is 0.470 e. The number of hydrogen-bond donors (Lipinski definition) is 4. The first kappa shape index (κ1) is 22.1. The Morgan fingerprint density at radius 1 is 1.12 bits per heavy atom. The van der Waals surface area contributed by atoms with Crippen molar-refractivity contribution in [2.75, 3.05) is 11.7 Å². The van der Waals surface area contributed by atoms with Crippen molar-refractivity contribution in [3.63, 3.8) is 0 Å². The molecule has 1 aromatic rings. The molecule has 0 aromatic heterocycles. The van der Waals surface area contributed by atoms with Gasteiger partial charge >= 0.3 is 13.8 Å². The fourth-order valence-electron chi connectivity index (χ4n) is 1.85. The number of ether oxygens (including phenoxy) is 1. The van der Waals surface area contributed by atoms with Gasteiger partial charge in [0, 0.05) is 19.6 Å². The zero-order valence-electron chi connectivity index (χ0n) is 14.0. The third kappa shape index (κ3) is 7.98. The van der Waals surface area contributed by atoms with Crippen molar-refractivity contribution in [3.8, 4) is 5.75 Å². The Kier molecular flexibility index (Phi) is 8.25. The second kappa shape index (κ2) is 9.70. The van der Waals surface area contributed by atoms with Gasteiger partial charge in [0.15, 0.2) is 0 Å². The normalized spacial score (nSPS) is 11.5. The number of esters is 1. The molecule has 2 amide bonds. The Balaban J connectivity index is 2.99. The molecule has 144 valence electrons. The van der Waals surface area contributed by atoms with Crippen LogP contribution in [0.5, 0.6) is 5.75 Å². The van der Waals surface area contributed by atoms with Crippen LogP contribution in [0.4, 0.5) is 0 Å². The highest BCUT2D eigenvalue weighted by Crippen LogP contribution is 2.37. The summed E-state index contributed by atoms with van der Waals surface area (Å²) in [6.07, 6.45) is 0. The maximum Gasteiger partial charge on any atom is 0.470 e. The Morgan fingerprint density at radius 3 is 2.12 bits per heavy atom. The van der Waals surface area contributed by atoms with Gasteiger partial charge in [-0.2, -0.15) is 0 Å². The number of para-hydroxylation sites is 1. The summed E-state index contributed by atoms with van der Waals surface area (Å²) in [7, 11) is -4.69. The molecule has 12 heteroatoms. The molecule has 0 atom stereocenters. The Hall–Kier alpha value is -1.91. The van der Waals surface area contributed by atoms with Crippen LogP contribution >= 0.6 is 19.6 Å². The molecule has 0 saturated carbocycles. The zero-order valence-corrected chi connectivity index (χ0v) is 15.7. The lowest BCUT2D eigenvalue weighted by Crippen LogP contribution is -2.68. The van der Waals surface area contributed by atoms with Gasteiger partial charge in [-0.05, 0) is 12.1 Å². The van der Waals surface area contributed by atoms with Gasteiger partial charge < -0.3 is 25.2 Å². The summed E-state index contributed by atoms with van der Waals surface area (Å²) in [5, 5.41) is 4.65. The maximum atomic E-state index is 12.6. The van der Waals surface area contributed by atoms with Crippen molar-refractivity contribution in [2.24, 2.45) is 0 Å². The van der Waals surface area contributed by atoms with Gasteiger partial charge in [-0.15, -0.1) is 11.8 Å². The molecule has 10 nitrogen and oxygen atoms in total. The van der Waals surface area contributed by atoms with Crippen LogP contribution in [-0.2, 0) is 23.5 Å². The molecule has 0 saturated heterocycles. The van der Waals surface area contributed by atoms with Crippen LogP contribution in [0.2, 0.25) is 0 Å². The summed E-state index contributed by atoms with van der Waals surface area (Å²) in [6.45, 7) is 2.28. The summed E-state index contributed by atoms with van der Waals surface area (Å²) < 4.78 is 20.2. The molecule has 0 fully saturated rings. The molecule has 1 rings (SSSR count). The number of hydrogen-bond acceptors (Lipinski definition) is 7. The molecule has 1 aromatic carbocycles. The summed E-state index contributed by atoms with van der Waals surface area (Å²) in [4.78, 5) is 53.1. The van der Waals surface area contributed by atoms with Gasteiger partial charge in [0.05, 0.1) is 0 Å². The number of phosphoric ester groups is 1. The van der Waals surface area contributed by atoms with E-state index in [4.69, 9.17) is 14.5 Å². The monoisotopic (exact) mass is 406 g/mol. The number of nitrogens with one attached hydrogen (secondary N) is 2. The van der Waals surface area contributed by atoms with Crippen molar-refractivity contribution in [1.82, 2.24) is 10.6 Å². The molecule has 0 spiro atoms. The van der Waals surface area contributed by atoms with E-state index < -0.39 is 37.2 Å². The van der Waals surface area contributed by atoms with Crippen LogP contribution in [0.1, 0.15) is 13.8 Å². The van der Waals surface area contributed by atoms with E-state index in [0.29, 0.717) is 0 Å². The zero-order chi connectivity index (χ0) is 19.8. The highest BCUT2D eigenvalue weighted by atomic mass is 32.2. The Bertz CT molecular complexity index is 677. The quantitative estimate of drug-likeness (QED) is 0.150. The minimum absolute atomic E-state index is 0.189. The third-order valence-corrected chi connectivity index (χ3v) is 4.27. The van der Waals surface area contributed by atoms with E-state index in [1.54, 1.807) is 18.2 Å². The summed E-state index contributed by atoms with van der Waals surface area (Å²) >= 11 is 0.765. The summed E-state index contributed by atoms with van der Waals surface area (Å²) in [5.74, 6) is -2.81. The predicted octanol–water partition coefficient (Wildman–Crippen LogP) is 0.360. The predicted molar refractivity (Wildman–Crippen MR) is 92.9 cm³/mol. The van der Waals surface area contributed by atoms with Crippen molar-refractivity contribution < 1.29 is 38.0 Å². The van der Waals surface area contributed by atoms with E-state index in [1.807, 2.05) is 0 Å². The van der Waals surface area contributed by atoms with Crippen molar-refractivity contribution in [3.05, 3.63) is 30.3 Å². The third-order valence-electron chi connectivity index (χ3n) is 2.70. The van der Waals surface area contributed by atoms with E-state index in [2.05, 4.69) is 15.2 Å². The minimum atomic E-state index is -4.69. The Labute approximate surface area is 153 Å². The molecule has 0 unspecified atom stereocenters. The number of benzene rings is 1. The number of thioether (sulfide) groups is 1. The highest BCUT2D eigenvalue weighted by molar-refractivity contribution is 7.99. The van der Waals surface area contributed by atoms with Gasteiger partial charge in [-0.1, -0.05) is 18.2 Å². The molecule has 0 heterocycles. The van der Waals surface area contributed by atoms with Gasteiger partial charge in [-0.25, -0.2) is 9.36 Å². The van der Waals surface area contributed by atoms with E-state index in [1.165, 1.54) is 12.1 Å². The summed E-state index contributed by atoms with van der Waals surface area (Å²) in [6, 6.07) is 7.98. The average molecular weight is 406 g/mol. The first-order chi connectivity index (χ1) is 12.0. The summed E-state index contributed by atoms with van der Waals surface area (Å²) in [5.41, 5.74) is -1.95. The minimum Gasteiger partial charge on any atom is -0.423 e. The standard InChI is InChI=1S/C14H19N2O8PS/c1-10(17)15-14(16-11(2)18,8-26-9-23-25(20,21)22)13(19)24-12-6-4-3-5-7-12/h3-7H,8-9H2,1-2H3,(H,15,17)(H,16,18)(H2,20,21,22). The number of rotatable bonds is 9. The molecular weight excluding hydrogens is 387 g/mol. The SMILES string of the molecule is CC(=O)NC(CSCOP(=O)(O)O)(NC(C)=O)C(=O)Oc1ccccc1. The lowest BCUT2D eigenvalue weighted by atomic mass is 10.2. The fraction of sp³-hybridized carbons (Fsp3) is 0.357. The molecule has 0 aliphatic rings. The van der Waals surface area contributed by atoms with Crippen LogP contribution in [0.25, 0.3) is 0 Å². The van der Waals surface area contributed by atoms with Crippen LogP contribution in [0.3, 0.4) is 0 Å². The average Bonchev–Trinajstić information content (AvgIpc) is 2.50. The van der Waals surface area contributed by atoms with Crippen LogP contribution < -0.4 is 15.4 Å². The van der Waals surface area contributed by atoms with Gasteiger partial charge in [0.2, 0.25) is 17.5 Å². The maximum absolute atomic E-state index is 12.6. The van der Waals surface area contributed by atoms with Gasteiger partial charge in [0.25, 0.3) is 0 Å². The number of amides is 2. The van der Waals surface area contributed by atoms with E-state index in [0.717, 1.165) is 25.6 Å². The first-order valence-electron chi connectivity index (χ1n) is 7.17. The molecule has 0 aliphatic carbocycles. The topological polar surface area (TPSA) is 151 Å². The molecule has 4 N–H and O–H groups in total. The van der Waals surface area contributed by atoms with Crippen LogP contribution in [0, 0.1) is 0 Å². The molecule has 0 aliphatic heterocycles. The molecular formula is C14H19N2O8PS. The lowest BCUT2D eigenvalue weighted by molar-refractivity contribution is -0.147. The molecule has 0 bridgehead atoms.